The monoisotopic (exact) mass is 509 g/mol. The molecule has 1 N–H and O–H groups in total. The largest absolute Gasteiger partial charge is 0.361 e. The van der Waals surface area contributed by atoms with Crippen LogP contribution in [0.5, 0.6) is 0 Å². The Morgan fingerprint density at radius 1 is 1.17 bits per heavy atom. The van der Waals surface area contributed by atoms with Gasteiger partial charge in [-0.2, -0.15) is 0 Å². The van der Waals surface area contributed by atoms with Gasteiger partial charge in [-0.1, -0.05) is 11.2 Å². The maximum atomic E-state index is 5.16. The van der Waals surface area contributed by atoms with Gasteiger partial charge in [-0.3, -0.25) is 9.89 Å². The number of hydrogen-bond donors (Lipinski definition) is 1. The molecule has 0 radical (unpaired) electrons. The van der Waals surface area contributed by atoms with Gasteiger partial charge >= 0.3 is 0 Å². The van der Waals surface area contributed by atoms with Gasteiger partial charge in [0.2, 0.25) is 0 Å². The van der Waals surface area contributed by atoms with Crippen molar-refractivity contribution in [1.29, 1.82) is 0 Å². The Morgan fingerprint density at radius 3 is 2.62 bits per heavy atom. The van der Waals surface area contributed by atoms with Gasteiger partial charge in [-0.25, -0.2) is 4.98 Å². The zero-order chi connectivity index (χ0) is 19.5. The fourth-order valence-corrected chi connectivity index (χ4v) is 3.63. The molecule has 0 spiro atoms. The second kappa shape index (κ2) is 9.57. The number of aromatic nitrogens is 3. The summed E-state index contributed by atoms with van der Waals surface area (Å²) in [5, 5.41) is 7.55. The van der Waals surface area contributed by atoms with Gasteiger partial charge in [0.1, 0.15) is 11.4 Å². The summed E-state index contributed by atoms with van der Waals surface area (Å²) in [6.07, 6.45) is 2.09. The Kier molecular flexibility index (Phi) is 7.12. The molecule has 0 bridgehead atoms. The normalized spacial score (nSPS) is 15.6. The number of halogens is 1. The van der Waals surface area contributed by atoms with Gasteiger partial charge in [-0.05, 0) is 26.0 Å². The summed E-state index contributed by atoms with van der Waals surface area (Å²) in [5.74, 6) is 1.78. The molecule has 3 aromatic heterocycles. The smallest absolute Gasteiger partial charge is 0.194 e. The highest BCUT2D eigenvalue weighted by atomic mass is 127. The lowest BCUT2D eigenvalue weighted by molar-refractivity contribution is 0.169. The number of nitrogens with zero attached hydrogens (tertiary/aromatic N) is 6. The number of rotatable bonds is 4. The first kappa shape index (κ1) is 21.6. The number of piperazine rings is 1. The average molecular weight is 509 g/mol. The van der Waals surface area contributed by atoms with Crippen LogP contribution in [-0.2, 0) is 13.1 Å². The SMILES string of the molecule is CN=C(NCc1cn2c(C)cccc2n1)N1CCN(Cc2cc(C)on2)CC1.I. The van der Waals surface area contributed by atoms with Crippen LogP contribution in [0, 0.1) is 13.8 Å². The summed E-state index contributed by atoms with van der Waals surface area (Å²) in [7, 11) is 1.83. The molecule has 0 saturated carbocycles. The van der Waals surface area contributed by atoms with E-state index < -0.39 is 0 Å². The maximum absolute atomic E-state index is 5.16. The highest BCUT2D eigenvalue weighted by Gasteiger charge is 2.20. The van der Waals surface area contributed by atoms with Crippen molar-refractivity contribution in [3.63, 3.8) is 0 Å². The molecule has 8 nitrogen and oxygen atoms in total. The van der Waals surface area contributed by atoms with E-state index in [0.29, 0.717) is 6.54 Å². The summed E-state index contributed by atoms with van der Waals surface area (Å²) >= 11 is 0. The number of pyridine rings is 1. The predicted molar refractivity (Wildman–Crippen MR) is 124 cm³/mol. The Hall–Kier alpha value is -2.14. The number of nitrogens with one attached hydrogen (secondary N) is 1. The maximum Gasteiger partial charge on any atom is 0.194 e. The quantitative estimate of drug-likeness (QED) is 0.331. The molecule has 0 amide bonds. The molecule has 1 aliphatic heterocycles. The first-order valence-electron chi connectivity index (χ1n) is 9.66. The van der Waals surface area contributed by atoms with Crippen LogP contribution in [0.15, 0.2) is 40.0 Å². The van der Waals surface area contributed by atoms with Crippen LogP contribution >= 0.6 is 24.0 Å². The molecule has 0 aliphatic carbocycles. The van der Waals surface area contributed by atoms with Crippen LogP contribution in [0.1, 0.15) is 22.8 Å². The Bertz CT molecular complexity index is 972. The van der Waals surface area contributed by atoms with E-state index in [1.165, 1.54) is 5.69 Å². The summed E-state index contributed by atoms with van der Waals surface area (Å²) < 4.78 is 7.28. The number of guanidine groups is 1. The van der Waals surface area contributed by atoms with Crippen LogP contribution < -0.4 is 5.32 Å². The molecule has 0 unspecified atom stereocenters. The summed E-state index contributed by atoms with van der Waals surface area (Å²) in [4.78, 5) is 13.8. The minimum atomic E-state index is 0. The summed E-state index contributed by atoms with van der Waals surface area (Å²) in [6, 6.07) is 8.16. The molecular weight excluding hydrogens is 481 g/mol. The van der Waals surface area contributed by atoms with Gasteiger partial charge in [0.05, 0.1) is 17.9 Å². The fourth-order valence-electron chi connectivity index (χ4n) is 3.63. The summed E-state index contributed by atoms with van der Waals surface area (Å²) in [5.41, 5.74) is 4.16. The van der Waals surface area contributed by atoms with Gasteiger partial charge in [-0.15, -0.1) is 24.0 Å². The Labute approximate surface area is 188 Å². The van der Waals surface area contributed by atoms with Crippen LogP contribution in [0.2, 0.25) is 0 Å². The molecule has 4 rings (SSSR count). The zero-order valence-electron chi connectivity index (χ0n) is 17.1. The van der Waals surface area contributed by atoms with E-state index in [0.717, 1.165) is 61.5 Å². The van der Waals surface area contributed by atoms with Crippen molar-refractivity contribution in [1.82, 2.24) is 29.7 Å². The zero-order valence-corrected chi connectivity index (χ0v) is 19.5. The minimum Gasteiger partial charge on any atom is -0.361 e. The number of imidazole rings is 1. The molecule has 156 valence electrons. The Balaban J connectivity index is 0.00000240. The molecule has 1 saturated heterocycles. The highest BCUT2D eigenvalue weighted by molar-refractivity contribution is 14.0. The standard InChI is InChI=1S/C20H27N7O.HI/c1-15-5-4-6-19-23-18(14-27(15)19)12-22-20(21-3)26-9-7-25(8-10-26)13-17-11-16(2)28-24-17;/h4-6,11,14H,7-10,12-13H2,1-3H3,(H,21,22);1H. The Morgan fingerprint density at radius 2 is 1.97 bits per heavy atom. The van der Waals surface area contributed by atoms with E-state index in [2.05, 4.69) is 53.8 Å². The van der Waals surface area contributed by atoms with Gasteiger partial charge in [0.25, 0.3) is 0 Å². The minimum absolute atomic E-state index is 0. The molecular formula is C20H28IN7O. The lowest BCUT2D eigenvalue weighted by Crippen LogP contribution is -2.52. The number of aliphatic imine (C=N–C) groups is 1. The average Bonchev–Trinajstić information content (AvgIpc) is 3.30. The van der Waals surface area contributed by atoms with Crippen LogP contribution in [0.4, 0.5) is 0 Å². The van der Waals surface area contributed by atoms with E-state index >= 15 is 0 Å². The molecule has 1 aliphatic rings. The third-order valence-corrected chi connectivity index (χ3v) is 5.12. The molecule has 29 heavy (non-hydrogen) atoms. The molecule has 0 aromatic carbocycles. The second-order valence-corrected chi connectivity index (χ2v) is 7.22. The number of fused-ring (bicyclic) bond motifs is 1. The van der Waals surface area contributed by atoms with Crippen molar-refractivity contribution >= 4 is 35.6 Å². The molecule has 3 aromatic rings. The van der Waals surface area contributed by atoms with Gasteiger partial charge in [0, 0.05) is 57.7 Å². The molecule has 4 heterocycles. The van der Waals surface area contributed by atoms with E-state index in [1.54, 1.807) is 0 Å². The van der Waals surface area contributed by atoms with E-state index in [9.17, 15) is 0 Å². The lowest BCUT2D eigenvalue weighted by atomic mass is 10.3. The van der Waals surface area contributed by atoms with Crippen molar-refractivity contribution in [2.24, 2.45) is 4.99 Å². The number of aryl methyl sites for hydroxylation is 2. The van der Waals surface area contributed by atoms with Gasteiger partial charge in [0.15, 0.2) is 5.96 Å². The van der Waals surface area contributed by atoms with Crippen LogP contribution in [-0.4, -0.2) is 63.5 Å². The highest BCUT2D eigenvalue weighted by Crippen LogP contribution is 2.11. The predicted octanol–water partition coefficient (Wildman–Crippen LogP) is 2.45. The lowest BCUT2D eigenvalue weighted by Gasteiger charge is -2.36. The van der Waals surface area contributed by atoms with Crippen molar-refractivity contribution in [2.45, 2.75) is 26.9 Å². The summed E-state index contributed by atoms with van der Waals surface area (Å²) in [6.45, 7) is 9.31. The van der Waals surface area contributed by atoms with Crippen molar-refractivity contribution < 1.29 is 4.52 Å². The topological polar surface area (TPSA) is 74.2 Å². The third kappa shape index (κ3) is 5.08. The molecule has 0 atom stereocenters. The first-order chi connectivity index (χ1) is 13.6. The number of hydrogen-bond acceptors (Lipinski definition) is 5. The van der Waals surface area contributed by atoms with Crippen LogP contribution in [0.3, 0.4) is 0 Å². The van der Waals surface area contributed by atoms with E-state index in [4.69, 9.17) is 4.52 Å². The molecule has 9 heteroatoms. The van der Waals surface area contributed by atoms with E-state index in [1.807, 2.05) is 32.2 Å². The second-order valence-electron chi connectivity index (χ2n) is 7.22. The van der Waals surface area contributed by atoms with E-state index in [-0.39, 0.29) is 24.0 Å². The van der Waals surface area contributed by atoms with Crippen molar-refractivity contribution in [3.8, 4) is 0 Å². The third-order valence-electron chi connectivity index (χ3n) is 5.12. The van der Waals surface area contributed by atoms with Gasteiger partial charge < -0.3 is 19.1 Å². The van der Waals surface area contributed by atoms with Crippen LogP contribution in [0.25, 0.3) is 5.65 Å². The van der Waals surface area contributed by atoms with Crippen molar-refractivity contribution in [3.05, 3.63) is 53.3 Å². The fraction of sp³-hybridized carbons (Fsp3) is 0.450. The first-order valence-corrected chi connectivity index (χ1v) is 9.66. The van der Waals surface area contributed by atoms with Crippen molar-refractivity contribution in [2.75, 3.05) is 33.2 Å². The molecule has 1 fully saturated rings.